The highest BCUT2D eigenvalue weighted by molar-refractivity contribution is 5.93. The Labute approximate surface area is 209 Å². The summed E-state index contributed by atoms with van der Waals surface area (Å²) in [6, 6.07) is -1.78. The Morgan fingerprint density at radius 1 is 1.06 bits per heavy atom. The molecule has 0 radical (unpaired) electrons. The third-order valence-electron chi connectivity index (χ3n) is 6.35. The zero-order valence-corrected chi connectivity index (χ0v) is 21.6. The number of alkyl halides is 3. The fourth-order valence-corrected chi connectivity index (χ4v) is 4.31. The van der Waals surface area contributed by atoms with Gasteiger partial charge in [0.1, 0.15) is 18.1 Å². The maximum absolute atomic E-state index is 13.1. The molecule has 2 rings (SSSR count). The number of hydrogen-bond donors (Lipinski definition) is 4. The second-order valence-electron chi connectivity index (χ2n) is 12.2. The molecule has 4 atom stereocenters. The van der Waals surface area contributed by atoms with Crippen molar-refractivity contribution in [2.75, 3.05) is 0 Å². The van der Waals surface area contributed by atoms with Gasteiger partial charge in [-0.3, -0.25) is 19.2 Å². The lowest BCUT2D eigenvalue weighted by molar-refractivity contribution is -0.175. The first-order valence-corrected chi connectivity index (χ1v) is 12.0. The van der Waals surface area contributed by atoms with E-state index in [0.29, 0.717) is 6.42 Å². The molecule has 2 aliphatic rings. The van der Waals surface area contributed by atoms with E-state index in [1.807, 2.05) is 26.8 Å². The van der Waals surface area contributed by atoms with Crippen molar-refractivity contribution >= 4 is 23.6 Å². The molecular weight excluding hydrogens is 479 g/mol. The molecule has 1 spiro atoms. The van der Waals surface area contributed by atoms with Crippen LogP contribution in [0.15, 0.2) is 0 Å². The molecule has 4 amide bonds. The van der Waals surface area contributed by atoms with E-state index in [1.54, 1.807) is 5.32 Å². The quantitative estimate of drug-likeness (QED) is 0.392. The number of nitrogens with one attached hydrogen (secondary N) is 4. The van der Waals surface area contributed by atoms with Crippen LogP contribution in [0, 0.1) is 28.1 Å². The first kappa shape index (κ1) is 29.4. The van der Waals surface area contributed by atoms with Gasteiger partial charge in [-0.15, -0.1) is 0 Å². The molecule has 202 valence electrons. The molecule has 0 aromatic carbocycles. The fraction of sp³-hybridized carbons (Fsp3) is 0.792. The van der Waals surface area contributed by atoms with Crippen LogP contribution in [0.5, 0.6) is 0 Å². The molecule has 12 heteroatoms. The predicted molar refractivity (Wildman–Crippen MR) is 124 cm³/mol. The molecule has 0 unspecified atom stereocenters. The maximum Gasteiger partial charge on any atom is 0.471 e. The number of nitrogens with zero attached hydrogens (tertiary/aromatic N) is 1. The zero-order chi connectivity index (χ0) is 27.7. The van der Waals surface area contributed by atoms with Crippen molar-refractivity contribution in [2.24, 2.45) is 16.7 Å². The van der Waals surface area contributed by atoms with Crippen LogP contribution in [-0.2, 0) is 19.2 Å². The molecule has 1 saturated carbocycles. The summed E-state index contributed by atoms with van der Waals surface area (Å²) >= 11 is 0. The summed E-state index contributed by atoms with van der Waals surface area (Å²) in [5.74, 6) is -4.49. The minimum Gasteiger partial charge on any atom is -0.350 e. The van der Waals surface area contributed by atoms with Crippen molar-refractivity contribution in [1.29, 1.82) is 5.26 Å². The summed E-state index contributed by atoms with van der Waals surface area (Å²) in [5, 5.41) is 19.3. The lowest BCUT2D eigenvalue weighted by atomic mass is 9.84. The second-order valence-corrected chi connectivity index (χ2v) is 12.2. The molecule has 0 bridgehead atoms. The molecule has 1 saturated heterocycles. The highest BCUT2D eigenvalue weighted by Gasteiger charge is 2.52. The molecule has 0 aromatic heterocycles. The smallest absolute Gasteiger partial charge is 0.350 e. The third kappa shape index (κ3) is 8.10. The SMILES string of the molecule is CC(C)(C)C[C@H](NC(=O)[C@@H](NC(=O)C(F)(F)F)C(C)(C)C)C(=O)N[C@H](C#N)C[C@@H]1CC2(CC2)NC1=O. The molecule has 4 N–H and O–H groups in total. The van der Waals surface area contributed by atoms with E-state index in [-0.39, 0.29) is 24.3 Å². The molecule has 1 aliphatic heterocycles. The minimum atomic E-state index is -5.18. The van der Waals surface area contributed by atoms with Crippen LogP contribution >= 0.6 is 0 Å². The summed E-state index contributed by atoms with van der Waals surface area (Å²) in [4.78, 5) is 49.9. The van der Waals surface area contributed by atoms with E-state index >= 15 is 0 Å². The van der Waals surface area contributed by atoms with Crippen molar-refractivity contribution in [1.82, 2.24) is 21.3 Å². The van der Waals surface area contributed by atoms with Crippen molar-refractivity contribution in [3.05, 3.63) is 0 Å². The summed E-state index contributed by atoms with van der Waals surface area (Å²) in [6.45, 7) is 9.89. The molecule has 36 heavy (non-hydrogen) atoms. The van der Waals surface area contributed by atoms with E-state index in [4.69, 9.17) is 0 Å². The Morgan fingerprint density at radius 2 is 1.64 bits per heavy atom. The highest BCUT2D eigenvalue weighted by Crippen LogP contribution is 2.46. The lowest BCUT2D eigenvalue weighted by Gasteiger charge is -2.33. The number of carbonyl (C=O) groups is 4. The topological polar surface area (TPSA) is 140 Å². The van der Waals surface area contributed by atoms with Gasteiger partial charge in [0.05, 0.1) is 6.07 Å². The summed E-state index contributed by atoms with van der Waals surface area (Å²) < 4.78 is 38.5. The molecule has 9 nitrogen and oxygen atoms in total. The van der Waals surface area contributed by atoms with Crippen molar-refractivity contribution < 1.29 is 32.3 Å². The first-order valence-electron chi connectivity index (χ1n) is 12.0. The van der Waals surface area contributed by atoms with E-state index in [1.165, 1.54) is 20.8 Å². The predicted octanol–water partition coefficient (Wildman–Crippen LogP) is 2.07. The molecule has 1 aliphatic carbocycles. The van der Waals surface area contributed by atoms with Crippen LogP contribution in [0.1, 0.15) is 73.6 Å². The largest absolute Gasteiger partial charge is 0.471 e. The van der Waals surface area contributed by atoms with Gasteiger partial charge in [-0.05, 0) is 42.9 Å². The van der Waals surface area contributed by atoms with Gasteiger partial charge in [-0.1, -0.05) is 41.5 Å². The minimum absolute atomic E-state index is 0.109. The first-order chi connectivity index (χ1) is 16.3. The number of carbonyl (C=O) groups excluding carboxylic acids is 4. The van der Waals surface area contributed by atoms with Gasteiger partial charge < -0.3 is 21.3 Å². The van der Waals surface area contributed by atoms with Gasteiger partial charge in [-0.2, -0.15) is 18.4 Å². The Kier molecular flexibility index (Phi) is 8.38. The Bertz CT molecular complexity index is 926. The van der Waals surface area contributed by atoms with Crippen LogP contribution in [-0.4, -0.2) is 53.5 Å². The van der Waals surface area contributed by atoms with Gasteiger partial charge in [0, 0.05) is 11.5 Å². The van der Waals surface area contributed by atoms with Crippen molar-refractivity contribution in [2.45, 2.75) is 103 Å². The highest BCUT2D eigenvalue weighted by atomic mass is 19.4. The fourth-order valence-electron chi connectivity index (χ4n) is 4.31. The number of halogens is 3. The summed E-state index contributed by atoms with van der Waals surface area (Å²) in [5.41, 5.74) is -1.76. The summed E-state index contributed by atoms with van der Waals surface area (Å²) in [6.07, 6.45) is -2.60. The zero-order valence-electron chi connectivity index (χ0n) is 21.6. The van der Waals surface area contributed by atoms with Gasteiger partial charge in [0.15, 0.2) is 0 Å². The van der Waals surface area contributed by atoms with Gasteiger partial charge >= 0.3 is 12.1 Å². The number of rotatable bonds is 8. The van der Waals surface area contributed by atoms with Crippen LogP contribution in [0.3, 0.4) is 0 Å². The molecular formula is C24H36F3N5O4. The Morgan fingerprint density at radius 3 is 2.06 bits per heavy atom. The molecule has 2 fully saturated rings. The van der Waals surface area contributed by atoms with Crippen molar-refractivity contribution in [3.8, 4) is 6.07 Å². The normalized spacial score (nSPS) is 21.6. The standard InChI is InChI=1S/C24H36F3N5O4/c1-21(2,3)11-15(30-19(35)16(22(4,5)6)31-20(36)24(25,26)27)18(34)29-14(12-28)9-13-10-23(7-8-23)32-17(13)33/h13-16H,7-11H2,1-6H3,(H,29,34)(H,30,35)(H,31,36)(H,32,33)/t13-,14+,15+,16-/m1/s1. The van der Waals surface area contributed by atoms with E-state index < -0.39 is 58.8 Å². The van der Waals surface area contributed by atoms with Crippen LogP contribution < -0.4 is 21.3 Å². The number of amides is 4. The van der Waals surface area contributed by atoms with Gasteiger partial charge in [0.25, 0.3) is 0 Å². The van der Waals surface area contributed by atoms with Crippen LogP contribution in [0.2, 0.25) is 0 Å². The van der Waals surface area contributed by atoms with Crippen LogP contribution in [0.4, 0.5) is 13.2 Å². The average molecular weight is 516 g/mol. The van der Waals surface area contributed by atoms with Gasteiger partial charge in [-0.25, -0.2) is 0 Å². The second kappa shape index (κ2) is 10.3. The lowest BCUT2D eigenvalue weighted by Crippen LogP contribution is -2.60. The van der Waals surface area contributed by atoms with E-state index in [2.05, 4.69) is 16.0 Å². The maximum atomic E-state index is 13.1. The van der Waals surface area contributed by atoms with E-state index in [9.17, 15) is 37.6 Å². The number of hydrogen-bond acceptors (Lipinski definition) is 5. The van der Waals surface area contributed by atoms with Crippen molar-refractivity contribution in [3.63, 3.8) is 0 Å². The van der Waals surface area contributed by atoms with E-state index in [0.717, 1.165) is 12.8 Å². The molecule has 1 heterocycles. The molecule has 0 aromatic rings. The third-order valence-corrected chi connectivity index (χ3v) is 6.35. The van der Waals surface area contributed by atoms with Gasteiger partial charge in [0.2, 0.25) is 17.7 Å². The number of nitriles is 1. The Balaban J connectivity index is 2.14. The average Bonchev–Trinajstić information content (AvgIpc) is 3.37. The summed E-state index contributed by atoms with van der Waals surface area (Å²) in [7, 11) is 0. The Hall–Kier alpha value is -2.84. The monoisotopic (exact) mass is 515 g/mol. The van der Waals surface area contributed by atoms with Crippen LogP contribution in [0.25, 0.3) is 0 Å².